The first-order valence-electron chi connectivity index (χ1n) is 8.55. The molecule has 0 bridgehead atoms. The van der Waals surface area contributed by atoms with E-state index in [9.17, 15) is 4.79 Å². The van der Waals surface area contributed by atoms with Gasteiger partial charge < -0.3 is 14.4 Å². The van der Waals surface area contributed by atoms with E-state index in [0.29, 0.717) is 42.3 Å². The number of hydrogen-bond acceptors (Lipinski definition) is 5. The molecule has 0 aliphatic heterocycles. The van der Waals surface area contributed by atoms with Gasteiger partial charge in [-0.15, -0.1) is 0 Å². The maximum Gasteiger partial charge on any atom is 0.254 e. The van der Waals surface area contributed by atoms with E-state index in [-0.39, 0.29) is 5.91 Å². The van der Waals surface area contributed by atoms with Gasteiger partial charge in [0.1, 0.15) is 11.0 Å². The number of methoxy groups -OCH3 is 1. The Morgan fingerprint density at radius 2 is 1.88 bits per heavy atom. The molecule has 0 atom stereocenters. The number of benzene rings is 2. The monoisotopic (exact) mass is 354 g/mol. The Morgan fingerprint density at radius 1 is 1.08 bits per heavy atom. The normalized spacial score (nSPS) is 10.7. The molecule has 1 amide bonds. The van der Waals surface area contributed by atoms with Crippen molar-refractivity contribution in [2.45, 2.75) is 20.4 Å². The van der Waals surface area contributed by atoms with Crippen LogP contribution in [0.1, 0.15) is 29.8 Å². The van der Waals surface area contributed by atoms with Crippen LogP contribution >= 0.6 is 0 Å². The van der Waals surface area contributed by atoms with Gasteiger partial charge in [0, 0.05) is 18.7 Å². The highest BCUT2D eigenvalue weighted by Gasteiger charge is 2.17. The number of fused-ring (bicyclic) bond motifs is 1. The van der Waals surface area contributed by atoms with Crippen molar-refractivity contribution in [1.82, 2.24) is 20.3 Å². The van der Waals surface area contributed by atoms with Crippen molar-refractivity contribution in [3.8, 4) is 11.5 Å². The number of nitrogens with zero attached hydrogens (tertiary/aromatic N) is 3. The van der Waals surface area contributed by atoms with Crippen molar-refractivity contribution in [3.05, 3.63) is 47.5 Å². The number of ether oxygens (including phenoxy) is 2. The van der Waals surface area contributed by atoms with Gasteiger partial charge in [-0.2, -0.15) is 15.4 Å². The van der Waals surface area contributed by atoms with E-state index < -0.39 is 0 Å². The minimum atomic E-state index is -0.0507. The van der Waals surface area contributed by atoms with Gasteiger partial charge >= 0.3 is 0 Å². The average molecular weight is 354 g/mol. The fraction of sp³-hybridized carbons (Fsp3) is 0.316. The van der Waals surface area contributed by atoms with Crippen LogP contribution in [0, 0.1) is 0 Å². The zero-order chi connectivity index (χ0) is 18.5. The predicted octanol–water partition coefficient (Wildman–Crippen LogP) is 3.03. The van der Waals surface area contributed by atoms with E-state index >= 15 is 0 Å². The van der Waals surface area contributed by atoms with Crippen molar-refractivity contribution in [2.24, 2.45) is 0 Å². The minimum Gasteiger partial charge on any atom is -0.493 e. The first-order chi connectivity index (χ1) is 12.7. The van der Waals surface area contributed by atoms with E-state index in [1.807, 2.05) is 32.0 Å². The SMILES string of the molecule is CCOc1ccc(CN(CC)C(=O)c2ccc3n[nH]nc3c2)cc1OC. The van der Waals surface area contributed by atoms with Gasteiger partial charge in [-0.1, -0.05) is 6.07 Å². The molecule has 0 aliphatic carbocycles. The highest BCUT2D eigenvalue weighted by Crippen LogP contribution is 2.28. The molecule has 0 spiro atoms. The Bertz CT molecular complexity index is 907. The maximum absolute atomic E-state index is 12.9. The molecule has 1 aromatic heterocycles. The number of hydrogen-bond donors (Lipinski definition) is 1. The Labute approximate surface area is 151 Å². The van der Waals surface area contributed by atoms with E-state index in [4.69, 9.17) is 9.47 Å². The summed E-state index contributed by atoms with van der Waals surface area (Å²) in [5.41, 5.74) is 2.98. The quantitative estimate of drug-likeness (QED) is 0.705. The summed E-state index contributed by atoms with van der Waals surface area (Å²) in [5.74, 6) is 1.31. The van der Waals surface area contributed by atoms with Gasteiger partial charge in [0.15, 0.2) is 11.5 Å². The maximum atomic E-state index is 12.9. The molecule has 136 valence electrons. The molecule has 0 radical (unpaired) electrons. The second kappa shape index (κ2) is 7.86. The smallest absolute Gasteiger partial charge is 0.254 e. The highest BCUT2D eigenvalue weighted by molar-refractivity contribution is 5.97. The second-order valence-electron chi connectivity index (χ2n) is 5.76. The third-order valence-electron chi connectivity index (χ3n) is 4.13. The summed E-state index contributed by atoms with van der Waals surface area (Å²) in [4.78, 5) is 14.7. The number of carbonyl (C=O) groups excluding carboxylic acids is 1. The molecule has 1 heterocycles. The van der Waals surface area contributed by atoms with Gasteiger partial charge in [-0.25, -0.2) is 0 Å². The lowest BCUT2D eigenvalue weighted by Gasteiger charge is -2.22. The largest absolute Gasteiger partial charge is 0.493 e. The summed E-state index contributed by atoms with van der Waals surface area (Å²) in [5, 5.41) is 10.6. The minimum absolute atomic E-state index is 0.0507. The molecule has 3 aromatic rings. The van der Waals surface area contributed by atoms with Crippen LogP contribution in [0.15, 0.2) is 36.4 Å². The zero-order valence-corrected chi connectivity index (χ0v) is 15.2. The molecule has 1 N–H and O–H groups in total. The molecular weight excluding hydrogens is 332 g/mol. The molecule has 0 fully saturated rings. The van der Waals surface area contributed by atoms with Crippen LogP contribution in [0.3, 0.4) is 0 Å². The van der Waals surface area contributed by atoms with Crippen LogP contribution in [0.2, 0.25) is 0 Å². The van der Waals surface area contributed by atoms with Crippen molar-refractivity contribution in [2.75, 3.05) is 20.3 Å². The molecule has 0 saturated heterocycles. The summed E-state index contributed by atoms with van der Waals surface area (Å²) in [6, 6.07) is 11.0. The van der Waals surface area contributed by atoms with Gasteiger partial charge in [0.25, 0.3) is 5.91 Å². The number of amides is 1. The molecular formula is C19H22N4O3. The summed E-state index contributed by atoms with van der Waals surface area (Å²) in [6.07, 6.45) is 0. The van der Waals surface area contributed by atoms with Crippen LogP contribution in [0.25, 0.3) is 11.0 Å². The van der Waals surface area contributed by atoms with Crippen LogP contribution in [-0.2, 0) is 6.54 Å². The van der Waals surface area contributed by atoms with Crippen LogP contribution in [0.4, 0.5) is 0 Å². The van der Waals surface area contributed by atoms with Gasteiger partial charge in [0.05, 0.1) is 13.7 Å². The third kappa shape index (κ3) is 3.61. The fourth-order valence-electron chi connectivity index (χ4n) is 2.79. The number of carbonyl (C=O) groups is 1. The summed E-state index contributed by atoms with van der Waals surface area (Å²) < 4.78 is 10.9. The van der Waals surface area contributed by atoms with Crippen LogP contribution in [0.5, 0.6) is 11.5 Å². The van der Waals surface area contributed by atoms with Crippen LogP contribution in [-0.4, -0.2) is 46.5 Å². The molecule has 3 rings (SSSR count). The molecule has 0 aliphatic rings. The lowest BCUT2D eigenvalue weighted by molar-refractivity contribution is 0.0752. The van der Waals surface area contributed by atoms with E-state index in [2.05, 4.69) is 15.4 Å². The molecule has 26 heavy (non-hydrogen) atoms. The number of aromatic nitrogens is 3. The first kappa shape index (κ1) is 17.7. The van der Waals surface area contributed by atoms with E-state index in [1.54, 1.807) is 30.2 Å². The van der Waals surface area contributed by atoms with Gasteiger partial charge in [-0.05, 0) is 49.7 Å². The summed E-state index contributed by atoms with van der Waals surface area (Å²) in [7, 11) is 1.61. The third-order valence-corrected chi connectivity index (χ3v) is 4.13. The Morgan fingerprint density at radius 3 is 2.62 bits per heavy atom. The topological polar surface area (TPSA) is 80.3 Å². The molecule has 2 aromatic carbocycles. The predicted molar refractivity (Wildman–Crippen MR) is 98.5 cm³/mol. The number of H-pyrrole nitrogens is 1. The zero-order valence-electron chi connectivity index (χ0n) is 15.2. The van der Waals surface area contributed by atoms with E-state index in [0.717, 1.165) is 11.1 Å². The standard InChI is InChI=1S/C19H22N4O3/c1-4-23(12-13-6-9-17(26-5-2)18(10-13)25-3)19(24)14-7-8-15-16(11-14)21-22-20-15/h6-11H,4-5,12H2,1-3H3,(H,20,21,22). The number of nitrogens with one attached hydrogen (secondary N) is 1. The van der Waals surface area contributed by atoms with Crippen molar-refractivity contribution in [1.29, 1.82) is 0 Å². The molecule has 7 heteroatoms. The van der Waals surface area contributed by atoms with Crippen molar-refractivity contribution < 1.29 is 14.3 Å². The highest BCUT2D eigenvalue weighted by atomic mass is 16.5. The second-order valence-corrected chi connectivity index (χ2v) is 5.76. The molecule has 7 nitrogen and oxygen atoms in total. The first-order valence-corrected chi connectivity index (χ1v) is 8.55. The number of rotatable bonds is 7. The fourth-order valence-corrected chi connectivity index (χ4v) is 2.79. The van der Waals surface area contributed by atoms with Gasteiger partial charge in [0.2, 0.25) is 0 Å². The average Bonchev–Trinajstić information content (AvgIpc) is 3.14. The van der Waals surface area contributed by atoms with E-state index in [1.165, 1.54) is 0 Å². The lowest BCUT2D eigenvalue weighted by atomic mass is 10.1. The number of aromatic amines is 1. The Kier molecular flexibility index (Phi) is 5.36. The Hall–Kier alpha value is -3.09. The molecule has 0 saturated carbocycles. The molecule has 0 unspecified atom stereocenters. The van der Waals surface area contributed by atoms with Gasteiger partial charge in [-0.3, -0.25) is 4.79 Å². The van der Waals surface area contributed by atoms with Crippen molar-refractivity contribution in [3.63, 3.8) is 0 Å². The lowest BCUT2D eigenvalue weighted by Crippen LogP contribution is -2.30. The van der Waals surface area contributed by atoms with Crippen LogP contribution < -0.4 is 9.47 Å². The van der Waals surface area contributed by atoms with Crippen molar-refractivity contribution >= 4 is 16.9 Å². The summed E-state index contributed by atoms with van der Waals surface area (Å²) >= 11 is 0. The summed E-state index contributed by atoms with van der Waals surface area (Å²) in [6.45, 7) is 5.52. The Balaban J connectivity index is 1.81.